The molecule has 0 heterocycles. The Hall–Kier alpha value is -1.15. The van der Waals surface area contributed by atoms with Gasteiger partial charge in [0.1, 0.15) is 0 Å². The van der Waals surface area contributed by atoms with Gasteiger partial charge >= 0.3 is 0 Å². The standard InChI is InChI=1S/C19H29NO/c1-4-16-10-12-18(13-11-16)20(3)14-15(2)19(21)17-8-6-5-7-9-17/h5-9,15-16,18H,4,10-14H2,1-3H3. The molecule has 2 heteroatoms. The van der Waals surface area contributed by atoms with E-state index < -0.39 is 0 Å². The van der Waals surface area contributed by atoms with Gasteiger partial charge in [-0.05, 0) is 38.6 Å². The molecule has 0 bridgehead atoms. The fourth-order valence-electron chi connectivity index (χ4n) is 3.54. The summed E-state index contributed by atoms with van der Waals surface area (Å²) in [4.78, 5) is 14.8. The van der Waals surface area contributed by atoms with E-state index in [0.29, 0.717) is 6.04 Å². The molecule has 0 spiro atoms. The number of ketones is 1. The van der Waals surface area contributed by atoms with Crippen molar-refractivity contribution in [1.29, 1.82) is 0 Å². The number of nitrogens with zero attached hydrogens (tertiary/aromatic N) is 1. The van der Waals surface area contributed by atoms with Gasteiger partial charge in [-0.25, -0.2) is 0 Å². The van der Waals surface area contributed by atoms with Crippen molar-refractivity contribution in [2.45, 2.75) is 52.0 Å². The Balaban J connectivity index is 1.85. The molecule has 0 N–H and O–H groups in total. The largest absolute Gasteiger partial charge is 0.303 e. The normalized spacial score (nSPS) is 24.0. The van der Waals surface area contributed by atoms with E-state index in [2.05, 4.69) is 25.8 Å². The maximum absolute atomic E-state index is 12.4. The second-order valence-electron chi connectivity index (χ2n) is 6.65. The number of rotatable bonds is 6. The number of Topliss-reactive ketones (excluding diaryl/α,β-unsaturated/α-hetero) is 1. The molecule has 2 rings (SSSR count). The lowest BCUT2D eigenvalue weighted by Gasteiger charge is -2.35. The van der Waals surface area contributed by atoms with E-state index in [4.69, 9.17) is 0 Å². The molecule has 0 amide bonds. The van der Waals surface area contributed by atoms with Crippen molar-refractivity contribution in [2.75, 3.05) is 13.6 Å². The predicted molar refractivity (Wildman–Crippen MR) is 88.6 cm³/mol. The van der Waals surface area contributed by atoms with Crippen LogP contribution in [0.25, 0.3) is 0 Å². The van der Waals surface area contributed by atoms with Crippen LogP contribution >= 0.6 is 0 Å². The zero-order chi connectivity index (χ0) is 15.2. The molecule has 0 radical (unpaired) electrons. The Labute approximate surface area is 129 Å². The van der Waals surface area contributed by atoms with Crippen LogP contribution in [-0.2, 0) is 0 Å². The Bertz CT molecular complexity index is 434. The fourth-order valence-corrected chi connectivity index (χ4v) is 3.54. The van der Waals surface area contributed by atoms with Crippen LogP contribution < -0.4 is 0 Å². The zero-order valence-corrected chi connectivity index (χ0v) is 13.7. The highest BCUT2D eigenvalue weighted by Crippen LogP contribution is 2.29. The minimum absolute atomic E-state index is 0.0706. The number of benzene rings is 1. The van der Waals surface area contributed by atoms with Crippen molar-refractivity contribution in [1.82, 2.24) is 4.90 Å². The summed E-state index contributed by atoms with van der Waals surface area (Å²) in [6.45, 7) is 5.23. The molecule has 1 saturated carbocycles. The Morgan fingerprint density at radius 1 is 1.19 bits per heavy atom. The number of hydrogen-bond acceptors (Lipinski definition) is 2. The van der Waals surface area contributed by atoms with Crippen LogP contribution in [0.2, 0.25) is 0 Å². The van der Waals surface area contributed by atoms with Gasteiger partial charge in [-0.2, -0.15) is 0 Å². The average molecular weight is 287 g/mol. The quantitative estimate of drug-likeness (QED) is 0.722. The first-order valence-electron chi connectivity index (χ1n) is 8.41. The van der Waals surface area contributed by atoms with Gasteiger partial charge < -0.3 is 4.90 Å². The summed E-state index contributed by atoms with van der Waals surface area (Å²) >= 11 is 0. The molecule has 0 aromatic heterocycles. The molecule has 0 saturated heterocycles. The highest BCUT2D eigenvalue weighted by atomic mass is 16.1. The van der Waals surface area contributed by atoms with Crippen LogP contribution in [0.5, 0.6) is 0 Å². The maximum Gasteiger partial charge on any atom is 0.166 e. The highest BCUT2D eigenvalue weighted by Gasteiger charge is 2.25. The van der Waals surface area contributed by atoms with Crippen molar-refractivity contribution in [2.24, 2.45) is 11.8 Å². The van der Waals surface area contributed by atoms with Crippen molar-refractivity contribution in [3.8, 4) is 0 Å². The number of hydrogen-bond donors (Lipinski definition) is 0. The van der Waals surface area contributed by atoms with Gasteiger partial charge in [0.15, 0.2) is 5.78 Å². The van der Waals surface area contributed by atoms with E-state index in [1.54, 1.807) is 0 Å². The molecule has 1 aromatic rings. The molecule has 1 unspecified atom stereocenters. The topological polar surface area (TPSA) is 20.3 Å². The Morgan fingerprint density at radius 2 is 1.81 bits per heavy atom. The van der Waals surface area contributed by atoms with Crippen LogP contribution in [-0.4, -0.2) is 30.3 Å². The minimum Gasteiger partial charge on any atom is -0.303 e. The van der Waals surface area contributed by atoms with Gasteiger partial charge in [-0.3, -0.25) is 4.79 Å². The van der Waals surface area contributed by atoms with Crippen molar-refractivity contribution in [3.63, 3.8) is 0 Å². The maximum atomic E-state index is 12.4. The lowest BCUT2D eigenvalue weighted by Crippen LogP contribution is -2.39. The van der Waals surface area contributed by atoms with Crippen molar-refractivity contribution < 1.29 is 4.79 Å². The molecule has 1 fully saturated rings. The second-order valence-corrected chi connectivity index (χ2v) is 6.65. The summed E-state index contributed by atoms with van der Waals surface area (Å²) in [5.41, 5.74) is 0.841. The van der Waals surface area contributed by atoms with E-state index in [1.165, 1.54) is 32.1 Å². The fraction of sp³-hybridized carbons (Fsp3) is 0.632. The van der Waals surface area contributed by atoms with Gasteiger partial charge in [0.2, 0.25) is 0 Å². The lowest BCUT2D eigenvalue weighted by molar-refractivity contribution is 0.0861. The first-order valence-corrected chi connectivity index (χ1v) is 8.41. The monoisotopic (exact) mass is 287 g/mol. The lowest BCUT2D eigenvalue weighted by atomic mass is 9.84. The van der Waals surface area contributed by atoms with Gasteiger partial charge in [-0.1, -0.05) is 50.6 Å². The molecule has 1 aliphatic rings. The van der Waals surface area contributed by atoms with Gasteiger partial charge in [-0.15, -0.1) is 0 Å². The molecular weight excluding hydrogens is 258 g/mol. The summed E-state index contributed by atoms with van der Waals surface area (Å²) in [6, 6.07) is 10.3. The van der Waals surface area contributed by atoms with Crippen LogP contribution in [0.15, 0.2) is 30.3 Å². The minimum atomic E-state index is 0.0706. The van der Waals surface area contributed by atoms with Crippen LogP contribution in [0.4, 0.5) is 0 Å². The predicted octanol–water partition coefficient (Wildman–Crippen LogP) is 4.41. The van der Waals surface area contributed by atoms with E-state index in [-0.39, 0.29) is 11.7 Å². The van der Waals surface area contributed by atoms with Crippen LogP contribution in [0.3, 0.4) is 0 Å². The van der Waals surface area contributed by atoms with Crippen molar-refractivity contribution >= 4 is 5.78 Å². The second kappa shape index (κ2) is 7.74. The molecule has 1 aromatic carbocycles. The molecule has 2 nitrogen and oxygen atoms in total. The number of carbonyl (C=O) groups is 1. The van der Waals surface area contributed by atoms with E-state index >= 15 is 0 Å². The third-order valence-corrected chi connectivity index (χ3v) is 5.08. The van der Waals surface area contributed by atoms with Crippen LogP contribution in [0, 0.1) is 11.8 Å². The summed E-state index contributed by atoms with van der Waals surface area (Å²) in [7, 11) is 2.19. The Kier molecular flexibility index (Phi) is 5.98. The summed E-state index contributed by atoms with van der Waals surface area (Å²) < 4.78 is 0. The van der Waals surface area contributed by atoms with Gasteiger partial charge in [0.25, 0.3) is 0 Å². The third kappa shape index (κ3) is 4.41. The molecule has 1 atom stereocenters. The summed E-state index contributed by atoms with van der Waals surface area (Å²) in [6.07, 6.45) is 6.61. The first kappa shape index (κ1) is 16.2. The van der Waals surface area contributed by atoms with E-state index in [0.717, 1.165) is 18.0 Å². The smallest absolute Gasteiger partial charge is 0.166 e. The first-order chi connectivity index (χ1) is 10.1. The molecule has 21 heavy (non-hydrogen) atoms. The average Bonchev–Trinajstić information content (AvgIpc) is 2.55. The van der Waals surface area contributed by atoms with E-state index in [9.17, 15) is 4.79 Å². The summed E-state index contributed by atoms with van der Waals surface area (Å²) in [5, 5.41) is 0. The Morgan fingerprint density at radius 3 is 2.38 bits per heavy atom. The molecule has 116 valence electrons. The summed E-state index contributed by atoms with van der Waals surface area (Å²) in [5.74, 6) is 1.27. The van der Waals surface area contributed by atoms with Gasteiger partial charge in [0, 0.05) is 24.1 Å². The highest BCUT2D eigenvalue weighted by molar-refractivity contribution is 5.97. The van der Waals surface area contributed by atoms with Crippen LogP contribution in [0.1, 0.15) is 56.3 Å². The van der Waals surface area contributed by atoms with Gasteiger partial charge in [0.05, 0.1) is 0 Å². The third-order valence-electron chi connectivity index (χ3n) is 5.08. The molecular formula is C19H29NO. The number of carbonyl (C=O) groups excluding carboxylic acids is 1. The van der Waals surface area contributed by atoms with Crippen molar-refractivity contribution in [3.05, 3.63) is 35.9 Å². The molecule has 1 aliphatic carbocycles. The van der Waals surface area contributed by atoms with E-state index in [1.807, 2.05) is 30.3 Å². The SMILES string of the molecule is CCC1CCC(N(C)CC(C)C(=O)c2ccccc2)CC1. The zero-order valence-electron chi connectivity index (χ0n) is 13.7. The molecule has 0 aliphatic heterocycles.